The zero-order valence-corrected chi connectivity index (χ0v) is 14.4. The van der Waals surface area contributed by atoms with E-state index in [-0.39, 0.29) is 17.2 Å². The molecule has 24 heavy (non-hydrogen) atoms. The Bertz CT molecular complexity index is 697. The number of rotatable bonds is 7. The predicted octanol–water partition coefficient (Wildman–Crippen LogP) is 2.68. The number of nitrogens with one attached hydrogen (secondary N) is 1. The molecule has 2 rings (SSSR count). The second-order valence-corrected chi connectivity index (χ2v) is 5.68. The van der Waals surface area contributed by atoms with Gasteiger partial charge in [-0.3, -0.25) is 19.8 Å². The van der Waals surface area contributed by atoms with Crippen LogP contribution in [0.15, 0.2) is 42.5 Å². The number of benzene rings is 1. The van der Waals surface area contributed by atoms with Crippen LogP contribution in [-0.2, 0) is 9.59 Å². The van der Waals surface area contributed by atoms with Gasteiger partial charge in [0.05, 0.1) is 6.61 Å². The molecule has 0 saturated carbocycles. The lowest BCUT2D eigenvalue weighted by Crippen LogP contribution is -2.53. The molecular formula is C18H20N2O3S. The zero-order chi connectivity index (χ0) is 17.5. The number of carbonyl (C=O) groups excluding carboxylic acids is 2. The SMILES string of the molecule is C=CCN1C(=O)/C(=C/c2cccc(OCCCC)c2)C(=O)NC1=S. The fourth-order valence-corrected chi connectivity index (χ4v) is 2.43. The first-order chi connectivity index (χ1) is 11.6. The van der Waals surface area contributed by atoms with Crippen molar-refractivity contribution in [3.63, 3.8) is 0 Å². The Balaban J connectivity index is 2.23. The van der Waals surface area contributed by atoms with Gasteiger partial charge >= 0.3 is 0 Å². The summed E-state index contributed by atoms with van der Waals surface area (Å²) in [7, 11) is 0. The first-order valence-corrected chi connectivity index (χ1v) is 8.20. The normalized spacial score (nSPS) is 16.3. The fourth-order valence-electron chi connectivity index (χ4n) is 2.18. The third-order valence-corrected chi connectivity index (χ3v) is 3.76. The van der Waals surface area contributed by atoms with Crippen LogP contribution in [0.3, 0.4) is 0 Å². The Morgan fingerprint density at radius 2 is 2.17 bits per heavy atom. The smallest absolute Gasteiger partial charge is 0.265 e. The van der Waals surface area contributed by atoms with Gasteiger partial charge < -0.3 is 4.74 Å². The highest BCUT2D eigenvalue weighted by Gasteiger charge is 2.32. The van der Waals surface area contributed by atoms with Gasteiger partial charge in [-0.15, -0.1) is 6.58 Å². The maximum atomic E-state index is 12.5. The third-order valence-electron chi connectivity index (χ3n) is 3.43. The molecule has 0 unspecified atom stereocenters. The summed E-state index contributed by atoms with van der Waals surface area (Å²) in [5, 5.41) is 2.62. The lowest BCUT2D eigenvalue weighted by atomic mass is 10.1. The highest BCUT2D eigenvalue weighted by atomic mass is 32.1. The lowest BCUT2D eigenvalue weighted by molar-refractivity contribution is -0.128. The predicted molar refractivity (Wildman–Crippen MR) is 97.5 cm³/mol. The Morgan fingerprint density at radius 1 is 1.38 bits per heavy atom. The summed E-state index contributed by atoms with van der Waals surface area (Å²) >= 11 is 5.02. The summed E-state index contributed by atoms with van der Waals surface area (Å²) in [5.74, 6) is -0.219. The van der Waals surface area contributed by atoms with Crippen LogP contribution >= 0.6 is 12.2 Å². The van der Waals surface area contributed by atoms with Crippen LogP contribution in [0.1, 0.15) is 25.3 Å². The van der Waals surface area contributed by atoms with Gasteiger partial charge in [0.1, 0.15) is 11.3 Å². The third kappa shape index (κ3) is 4.29. The molecule has 0 radical (unpaired) electrons. The number of unbranched alkanes of at least 4 members (excludes halogenated alkanes) is 1. The van der Waals surface area contributed by atoms with Gasteiger partial charge in [-0.1, -0.05) is 31.6 Å². The lowest BCUT2D eigenvalue weighted by Gasteiger charge is -2.27. The molecule has 0 spiro atoms. The van der Waals surface area contributed by atoms with Crippen LogP contribution in [0, 0.1) is 0 Å². The van der Waals surface area contributed by atoms with E-state index in [0.717, 1.165) is 12.8 Å². The zero-order valence-electron chi connectivity index (χ0n) is 13.6. The molecule has 1 aromatic carbocycles. The molecule has 126 valence electrons. The molecule has 1 heterocycles. The molecule has 1 aromatic rings. The van der Waals surface area contributed by atoms with E-state index in [1.54, 1.807) is 18.2 Å². The van der Waals surface area contributed by atoms with Crippen LogP contribution in [0.5, 0.6) is 5.75 Å². The molecule has 1 fully saturated rings. The molecule has 6 heteroatoms. The standard InChI is InChI=1S/C18H20N2O3S/c1-3-5-10-23-14-8-6-7-13(11-14)12-15-16(21)19-18(24)20(9-4-2)17(15)22/h4,6-8,11-12H,2-3,5,9-10H2,1H3,(H,19,21,24)/b15-12+. The molecule has 0 aliphatic carbocycles. The molecule has 1 saturated heterocycles. The Hall–Kier alpha value is -2.47. The molecule has 1 N–H and O–H groups in total. The monoisotopic (exact) mass is 344 g/mol. The van der Waals surface area contributed by atoms with E-state index < -0.39 is 11.8 Å². The van der Waals surface area contributed by atoms with E-state index in [2.05, 4.69) is 18.8 Å². The van der Waals surface area contributed by atoms with Crippen LogP contribution in [0.25, 0.3) is 6.08 Å². The van der Waals surface area contributed by atoms with Gasteiger partial charge in [0.15, 0.2) is 5.11 Å². The van der Waals surface area contributed by atoms with Crippen molar-refractivity contribution in [1.29, 1.82) is 0 Å². The first-order valence-electron chi connectivity index (χ1n) is 7.79. The number of hydrogen-bond donors (Lipinski definition) is 1. The average molecular weight is 344 g/mol. The summed E-state index contributed by atoms with van der Waals surface area (Å²) in [6, 6.07) is 7.28. The fraction of sp³-hybridized carbons (Fsp3) is 0.278. The van der Waals surface area contributed by atoms with E-state index in [9.17, 15) is 9.59 Å². The van der Waals surface area contributed by atoms with Crippen molar-refractivity contribution in [2.45, 2.75) is 19.8 Å². The van der Waals surface area contributed by atoms with Crippen LogP contribution in [-0.4, -0.2) is 35.0 Å². The van der Waals surface area contributed by atoms with Gasteiger partial charge in [0.25, 0.3) is 11.8 Å². The van der Waals surface area contributed by atoms with E-state index in [0.29, 0.717) is 17.9 Å². The van der Waals surface area contributed by atoms with Crippen LogP contribution in [0.2, 0.25) is 0 Å². The Labute approximate surface area is 147 Å². The van der Waals surface area contributed by atoms with Gasteiger partial charge in [-0.25, -0.2) is 0 Å². The molecular weight excluding hydrogens is 324 g/mol. The number of thiocarbonyl (C=S) groups is 1. The van der Waals surface area contributed by atoms with Crippen molar-refractivity contribution in [1.82, 2.24) is 10.2 Å². The number of carbonyl (C=O) groups is 2. The van der Waals surface area contributed by atoms with Gasteiger partial charge in [0.2, 0.25) is 0 Å². The highest BCUT2D eigenvalue weighted by molar-refractivity contribution is 7.80. The van der Waals surface area contributed by atoms with Crippen molar-refractivity contribution in [3.05, 3.63) is 48.1 Å². The topological polar surface area (TPSA) is 58.6 Å². The Kier molecular flexibility index (Phi) is 6.26. The summed E-state index contributed by atoms with van der Waals surface area (Å²) in [5.41, 5.74) is 0.755. The summed E-state index contributed by atoms with van der Waals surface area (Å²) in [6.07, 6.45) is 5.13. The molecule has 1 aliphatic heterocycles. The summed E-state index contributed by atoms with van der Waals surface area (Å²) < 4.78 is 5.65. The van der Waals surface area contributed by atoms with Gasteiger partial charge in [0, 0.05) is 6.54 Å². The van der Waals surface area contributed by atoms with Crippen LogP contribution < -0.4 is 10.1 Å². The second-order valence-electron chi connectivity index (χ2n) is 5.30. The average Bonchev–Trinajstić information content (AvgIpc) is 2.56. The van der Waals surface area contributed by atoms with Gasteiger partial charge in [-0.05, 0) is 42.4 Å². The molecule has 5 nitrogen and oxygen atoms in total. The summed E-state index contributed by atoms with van der Waals surface area (Å²) in [4.78, 5) is 25.9. The molecule has 1 aliphatic rings. The van der Waals surface area contributed by atoms with Crippen molar-refractivity contribution < 1.29 is 14.3 Å². The van der Waals surface area contributed by atoms with Crippen molar-refractivity contribution >= 4 is 35.2 Å². The maximum absolute atomic E-state index is 12.5. The molecule has 0 aromatic heterocycles. The number of nitrogens with zero attached hydrogens (tertiary/aromatic N) is 1. The summed E-state index contributed by atoms with van der Waals surface area (Å²) in [6.45, 7) is 6.57. The minimum absolute atomic E-state index is 0.0381. The number of amides is 2. The molecule has 0 bridgehead atoms. The van der Waals surface area contributed by atoms with Crippen molar-refractivity contribution in [3.8, 4) is 5.75 Å². The van der Waals surface area contributed by atoms with E-state index >= 15 is 0 Å². The van der Waals surface area contributed by atoms with Crippen molar-refractivity contribution in [2.24, 2.45) is 0 Å². The van der Waals surface area contributed by atoms with E-state index in [4.69, 9.17) is 17.0 Å². The minimum atomic E-state index is -0.498. The largest absolute Gasteiger partial charge is 0.494 e. The Morgan fingerprint density at radius 3 is 2.88 bits per heavy atom. The van der Waals surface area contributed by atoms with E-state index in [1.807, 2.05) is 18.2 Å². The number of hydrogen-bond acceptors (Lipinski definition) is 4. The quantitative estimate of drug-likeness (QED) is 0.272. The molecule has 0 atom stereocenters. The van der Waals surface area contributed by atoms with Crippen LogP contribution in [0.4, 0.5) is 0 Å². The first kappa shape index (κ1) is 17.9. The maximum Gasteiger partial charge on any atom is 0.265 e. The van der Waals surface area contributed by atoms with E-state index in [1.165, 1.54) is 4.90 Å². The number of ether oxygens (including phenoxy) is 1. The second kappa shape index (κ2) is 8.40. The minimum Gasteiger partial charge on any atom is -0.494 e. The van der Waals surface area contributed by atoms with Crippen molar-refractivity contribution in [2.75, 3.05) is 13.2 Å². The molecule has 2 amide bonds. The highest BCUT2D eigenvalue weighted by Crippen LogP contribution is 2.19. The van der Waals surface area contributed by atoms with Gasteiger partial charge in [-0.2, -0.15) is 0 Å².